The van der Waals surface area contributed by atoms with Crippen LogP contribution in [0.25, 0.3) is 0 Å². The van der Waals surface area contributed by atoms with E-state index in [1.54, 1.807) is 6.20 Å². The SMILES string of the molecule is C[C@H]1OCCN[C@@H]1C(=O)Nc1cnn(CC(=O)NC2CC2)c1.Cl. The van der Waals surface area contributed by atoms with Crippen LogP contribution in [0, 0.1) is 0 Å². The van der Waals surface area contributed by atoms with Gasteiger partial charge >= 0.3 is 0 Å². The van der Waals surface area contributed by atoms with Crippen molar-refractivity contribution in [1.82, 2.24) is 20.4 Å². The Morgan fingerprint density at radius 2 is 2.26 bits per heavy atom. The fourth-order valence-corrected chi connectivity index (χ4v) is 2.41. The molecule has 2 aliphatic rings. The van der Waals surface area contributed by atoms with Crippen LogP contribution in [0.15, 0.2) is 12.4 Å². The number of hydrogen-bond donors (Lipinski definition) is 3. The monoisotopic (exact) mass is 343 g/mol. The number of ether oxygens (including phenoxy) is 1. The van der Waals surface area contributed by atoms with Gasteiger partial charge in [0.2, 0.25) is 11.8 Å². The highest BCUT2D eigenvalue weighted by Crippen LogP contribution is 2.18. The molecule has 1 aromatic rings. The van der Waals surface area contributed by atoms with Crippen LogP contribution < -0.4 is 16.0 Å². The lowest BCUT2D eigenvalue weighted by atomic mass is 10.1. The quantitative estimate of drug-likeness (QED) is 0.693. The van der Waals surface area contributed by atoms with Gasteiger partial charge in [-0.3, -0.25) is 14.3 Å². The van der Waals surface area contributed by atoms with Crippen molar-refractivity contribution in [2.75, 3.05) is 18.5 Å². The van der Waals surface area contributed by atoms with Gasteiger partial charge in [0.25, 0.3) is 0 Å². The zero-order chi connectivity index (χ0) is 15.5. The number of hydrogen-bond acceptors (Lipinski definition) is 5. The molecule has 1 saturated carbocycles. The summed E-state index contributed by atoms with van der Waals surface area (Å²) in [5, 5.41) is 12.9. The third kappa shape index (κ3) is 4.92. The molecule has 2 fully saturated rings. The molecule has 23 heavy (non-hydrogen) atoms. The van der Waals surface area contributed by atoms with Gasteiger partial charge < -0.3 is 20.7 Å². The second-order valence-electron chi connectivity index (χ2n) is 5.77. The summed E-state index contributed by atoms with van der Waals surface area (Å²) < 4.78 is 6.97. The zero-order valence-electron chi connectivity index (χ0n) is 12.9. The first-order valence-electron chi connectivity index (χ1n) is 7.59. The van der Waals surface area contributed by atoms with E-state index in [-0.39, 0.29) is 42.9 Å². The molecule has 3 rings (SSSR count). The van der Waals surface area contributed by atoms with Crippen molar-refractivity contribution in [3.05, 3.63) is 12.4 Å². The molecule has 1 aliphatic heterocycles. The molecule has 1 aliphatic carbocycles. The van der Waals surface area contributed by atoms with E-state index in [4.69, 9.17) is 4.74 Å². The van der Waals surface area contributed by atoms with Gasteiger partial charge in [0.15, 0.2) is 0 Å². The highest BCUT2D eigenvalue weighted by atomic mass is 35.5. The first-order chi connectivity index (χ1) is 10.6. The molecule has 2 amide bonds. The summed E-state index contributed by atoms with van der Waals surface area (Å²) in [6.07, 6.45) is 5.13. The molecule has 0 bridgehead atoms. The predicted octanol–water partition coefficient (Wildman–Crippen LogP) is -0.101. The Hall–Kier alpha value is -1.64. The summed E-state index contributed by atoms with van der Waals surface area (Å²) in [4.78, 5) is 23.9. The van der Waals surface area contributed by atoms with Crippen molar-refractivity contribution >= 4 is 29.9 Å². The second-order valence-corrected chi connectivity index (χ2v) is 5.77. The maximum absolute atomic E-state index is 12.2. The number of rotatable bonds is 5. The number of anilines is 1. The van der Waals surface area contributed by atoms with Gasteiger partial charge in [-0.2, -0.15) is 5.10 Å². The van der Waals surface area contributed by atoms with E-state index in [2.05, 4.69) is 21.0 Å². The van der Waals surface area contributed by atoms with Crippen LogP contribution in [0.5, 0.6) is 0 Å². The van der Waals surface area contributed by atoms with Crippen molar-refractivity contribution in [2.45, 2.75) is 44.5 Å². The van der Waals surface area contributed by atoms with Gasteiger partial charge in [-0.25, -0.2) is 0 Å². The average molecular weight is 344 g/mol. The van der Waals surface area contributed by atoms with Gasteiger partial charge in [-0.05, 0) is 19.8 Å². The lowest BCUT2D eigenvalue weighted by Gasteiger charge is -2.29. The lowest BCUT2D eigenvalue weighted by Crippen LogP contribution is -2.53. The molecule has 1 saturated heterocycles. The zero-order valence-corrected chi connectivity index (χ0v) is 13.8. The largest absolute Gasteiger partial charge is 0.375 e. The Balaban J connectivity index is 0.00000192. The third-order valence-electron chi connectivity index (χ3n) is 3.75. The highest BCUT2D eigenvalue weighted by molar-refractivity contribution is 5.95. The van der Waals surface area contributed by atoms with Gasteiger partial charge in [-0.15, -0.1) is 12.4 Å². The molecule has 0 unspecified atom stereocenters. The molecular formula is C14H22ClN5O3. The maximum atomic E-state index is 12.2. The minimum absolute atomic E-state index is 0. The molecule has 0 spiro atoms. The summed E-state index contributed by atoms with van der Waals surface area (Å²) in [6, 6.07) is -0.0450. The standard InChI is InChI=1S/C14H21N5O3.ClH/c1-9-13(15-4-5-22-9)14(21)18-11-6-16-19(7-11)8-12(20)17-10-2-3-10;/h6-7,9-10,13,15H,2-5,8H2,1H3,(H,17,20)(H,18,21);1H/t9-,13+;/m1./s1. The number of aromatic nitrogens is 2. The number of morpholine rings is 1. The smallest absolute Gasteiger partial charge is 0.244 e. The van der Waals surface area contributed by atoms with Crippen LogP contribution in [0.1, 0.15) is 19.8 Å². The molecule has 9 heteroatoms. The predicted molar refractivity (Wildman–Crippen MR) is 86.5 cm³/mol. The van der Waals surface area contributed by atoms with Crippen LogP contribution >= 0.6 is 12.4 Å². The van der Waals surface area contributed by atoms with Crippen LogP contribution in [-0.2, 0) is 20.9 Å². The molecule has 8 nitrogen and oxygen atoms in total. The summed E-state index contributed by atoms with van der Waals surface area (Å²) in [7, 11) is 0. The fourth-order valence-electron chi connectivity index (χ4n) is 2.41. The van der Waals surface area contributed by atoms with E-state index in [1.165, 1.54) is 10.9 Å². The summed E-state index contributed by atoms with van der Waals surface area (Å²) in [5.74, 6) is -0.214. The van der Waals surface area contributed by atoms with Crippen molar-refractivity contribution in [3.63, 3.8) is 0 Å². The number of carbonyl (C=O) groups is 2. The van der Waals surface area contributed by atoms with Crippen molar-refractivity contribution in [3.8, 4) is 0 Å². The van der Waals surface area contributed by atoms with E-state index < -0.39 is 0 Å². The lowest BCUT2D eigenvalue weighted by molar-refractivity contribution is -0.124. The van der Waals surface area contributed by atoms with Crippen LogP contribution in [0.3, 0.4) is 0 Å². The van der Waals surface area contributed by atoms with Crippen LogP contribution in [0.2, 0.25) is 0 Å². The molecule has 3 N–H and O–H groups in total. The van der Waals surface area contributed by atoms with Crippen molar-refractivity contribution in [2.24, 2.45) is 0 Å². The molecule has 0 radical (unpaired) electrons. The number of carbonyl (C=O) groups excluding carboxylic acids is 2. The Morgan fingerprint density at radius 3 is 2.96 bits per heavy atom. The average Bonchev–Trinajstić information content (AvgIpc) is 3.18. The van der Waals surface area contributed by atoms with E-state index in [0.717, 1.165) is 12.8 Å². The molecule has 1 aromatic heterocycles. The van der Waals surface area contributed by atoms with E-state index in [0.29, 0.717) is 24.9 Å². The Labute approximate surface area is 140 Å². The number of nitrogens with zero attached hydrogens (tertiary/aromatic N) is 2. The fraction of sp³-hybridized carbons (Fsp3) is 0.643. The van der Waals surface area contributed by atoms with Gasteiger partial charge in [0, 0.05) is 18.8 Å². The second kappa shape index (κ2) is 7.76. The molecule has 2 atom stereocenters. The van der Waals surface area contributed by atoms with E-state index in [1.807, 2.05) is 6.92 Å². The van der Waals surface area contributed by atoms with Crippen molar-refractivity contribution in [1.29, 1.82) is 0 Å². The summed E-state index contributed by atoms with van der Waals surface area (Å²) in [6.45, 7) is 3.29. The number of halogens is 1. The normalized spacial score (nSPS) is 23.7. The molecular weight excluding hydrogens is 322 g/mol. The molecule has 0 aromatic carbocycles. The number of amides is 2. The Morgan fingerprint density at radius 1 is 1.48 bits per heavy atom. The van der Waals surface area contributed by atoms with Crippen molar-refractivity contribution < 1.29 is 14.3 Å². The van der Waals surface area contributed by atoms with Gasteiger partial charge in [0.05, 0.1) is 24.6 Å². The van der Waals surface area contributed by atoms with Crippen LogP contribution in [-0.4, -0.2) is 52.9 Å². The molecule has 128 valence electrons. The summed E-state index contributed by atoms with van der Waals surface area (Å²) in [5.41, 5.74) is 0.573. The van der Waals surface area contributed by atoms with E-state index >= 15 is 0 Å². The molecule has 2 heterocycles. The first-order valence-corrected chi connectivity index (χ1v) is 7.59. The number of nitrogens with one attached hydrogen (secondary N) is 3. The summed E-state index contributed by atoms with van der Waals surface area (Å²) >= 11 is 0. The minimum Gasteiger partial charge on any atom is -0.375 e. The highest BCUT2D eigenvalue weighted by Gasteiger charge is 2.28. The van der Waals surface area contributed by atoms with Crippen LogP contribution in [0.4, 0.5) is 5.69 Å². The Kier molecular flexibility index (Phi) is 5.97. The van der Waals surface area contributed by atoms with E-state index in [9.17, 15) is 9.59 Å². The third-order valence-corrected chi connectivity index (χ3v) is 3.75. The van der Waals surface area contributed by atoms with Gasteiger partial charge in [0.1, 0.15) is 12.6 Å². The topological polar surface area (TPSA) is 97.3 Å². The minimum atomic E-state index is -0.379. The maximum Gasteiger partial charge on any atom is 0.244 e. The van der Waals surface area contributed by atoms with Gasteiger partial charge in [-0.1, -0.05) is 0 Å². The first kappa shape index (κ1) is 17.7. The Bertz CT molecular complexity index is 560.